The topological polar surface area (TPSA) is 16.1 Å². The molecule has 0 bridgehead atoms. The Morgan fingerprint density at radius 3 is 2.31 bits per heavy atom. The number of hydrogen-bond donors (Lipinski definition) is 0. The van der Waals surface area contributed by atoms with Crippen molar-refractivity contribution in [3.05, 3.63) is 130 Å². The van der Waals surface area contributed by atoms with Crippen molar-refractivity contribution in [3.8, 4) is 22.3 Å². The van der Waals surface area contributed by atoms with Crippen LogP contribution in [0.25, 0.3) is 22.3 Å². The van der Waals surface area contributed by atoms with E-state index in [1.165, 1.54) is 84.0 Å². The summed E-state index contributed by atoms with van der Waals surface area (Å²) in [4.78, 5) is 7.31. The highest BCUT2D eigenvalue weighted by Gasteiger charge is 2.38. The number of para-hydroxylation sites is 1. The molecule has 0 spiro atoms. The maximum atomic E-state index is 4.80. The van der Waals surface area contributed by atoms with Crippen molar-refractivity contribution < 1.29 is 0 Å². The average Bonchev–Trinajstić information content (AvgIpc) is 3.46. The number of hydrogen-bond acceptors (Lipinski definition) is 2. The lowest BCUT2D eigenvalue weighted by molar-refractivity contribution is 0.968. The lowest BCUT2D eigenvalue weighted by Gasteiger charge is -2.40. The van der Waals surface area contributed by atoms with E-state index in [0.29, 0.717) is 0 Å². The van der Waals surface area contributed by atoms with Crippen molar-refractivity contribution in [1.82, 2.24) is 4.98 Å². The van der Waals surface area contributed by atoms with Gasteiger partial charge in [-0.15, -0.1) is 0 Å². The molecule has 2 heteroatoms. The average molecular weight is 447 g/mol. The Bertz CT molecular complexity index is 1750. The van der Waals surface area contributed by atoms with Gasteiger partial charge in [0.15, 0.2) is 0 Å². The Balaban J connectivity index is 1.36. The predicted octanol–water partition coefficient (Wildman–Crippen LogP) is 7.50. The number of nitrogens with zero attached hydrogens (tertiary/aromatic N) is 2. The molecule has 2 nitrogen and oxygen atoms in total. The summed E-state index contributed by atoms with van der Waals surface area (Å²) in [6, 6.07) is 29.5. The summed E-state index contributed by atoms with van der Waals surface area (Å²) >= 11 is 0. The van der Waals surface area contributed by atoms with Crippen LogP contribution in [-0.2, 0) is 25.7 Å². The third-order valence-electron chi connectivity index (χ3n) is 8.55. The molecule has 0 saturated heterocycles. The lowest BCUT2D eigenvalue weighted by atomic mass is 9.82. The van der Waals surface area contributed by atoms with Crippen LogP contribution in [0, 0.1) is 0 Å². The summed E-state index contributed by atoms with van der Waals surface area (Å²) in [5.41, 5.74) is 21.3. The van der Waals surface area contributed by atoms with Crippen molar-refractivity contribution in [1.29, 1.82) is 0 Å². The van der Waals surface area contributed by atoms with E-state index in [1.807, 2.05) is 6.20 Å². The highest BCUT2D eigenvalue weighted by molar-refractivity contribution is 5.98. The molecule has 0 atom stereocenters. The molecule has 9 rings (SSSR count). The monoisotopic (exact) mass is 446 g/mol. The first kappa shape index (κ1) is 18.2. The van der Waals surface area contributed by atoms with Crippen molar-refractivity contribution >= 4 is 17.1 Å². The highest BCUT2D eigenvalue weighted by Crippen LogP contribution is 2.56. The Morgan fingerprint density at radius 2 is 1.34 bits per heavy atom. The zero-order valence-corrected chi connectivity index (χ0v) is 19.3. The van der Waals surface area contributed by atoms with Crippen LogP contribution in [-0.4, -0.2) is 4.98 Å². The first-order valence-electron chi connectivity index (χ1n) is 12.6. The van der Waals surface area contributed by atoms with Gasteiger partial charge in [0.05, 0.1) is 17.1 Å². The molecule has 164 valence electrons. The summed E-state index contributed by atoms with van der Waals surface area (Å²) in [6.45, 7) is 0. The summed E-state index contributed by atoms with van der Waals surface area (Å²) < 4.78 is 0. The van der Waals surface area contributed by atoms with E-state index in [4.69, 9.17) is 4.98 Å². The summed E-state index contributed by atoms with van der Waals surface area (Å²) in [6.07, 6.45) is 5.90. The zero-order chi connectivity index (χ0) is 22.7. The van der Waals surface area contributed by atoms with Gasteiger partial charge in [-0.3, -0.25) is 4.98 Å². The fourth-order valence-corrected chi connectivity index (χ4v) is 7.21. The van der Waals surface area contributed by atoms with Crippen molar-refractivity contribution in [2.24, 2.45) is 0 Å². The van der Waals surface area contributed by atoms with Crippen molar-refractivity contribution in [2.75, 3.05) is 4.90 Å². The fraction of sp³-hybridized carbons (Fsp3) is 0.121. The number of aromatic nitrogens is 1. The number of rotatable bonds is 0. The molecule has 2 aliphatic carbocycles. The number of fused-ring (bicyclic) bond motifs is 12. The zero-order valence-electron chi connectivity index (χ0n) is 19.3. The molecule has 4 aliphatic rings. The van der Waals surface area contributed by atoms with Crippen LogP contribution < -0.4 is 4.90 Å². The van der Waals surface area contributed by atoms with Crippen LogP contribution in [0.2, 0.25) is 0 Å². The van der Waals surface area contributed by atoms with Crippen molar-refractivity contribution in [3.63, 3.8) is 0 Å². The Hall–Kier alpha value is -4.17. The minimum atomic E-state index is 0.907. The predicted molar refractivity (Wildman–Crippen MR) is 141 cm³/mol. The Morgan fingerprint density at radius 1 is 0.543 bits per heavy atom. The molecular formula is C33H22N2. The molecule has 3 heterocycles. The molecule has 2 aliphatic heterocycles. The number of benzene rings is 4. The molecule has 5 aromatic rings. The van der Waals surface area contributed by atoms with Crippen LogP contribution in [0.1, 0.15) is 44.6 Å². The largest absolute Gasteiger partial charge is 0.308 e. The van der Waals surface area contributed by atoms with Crippen LogP contribution in [0.15, 0.2) is 85.1 Å². The molecule has 35 heavy (non-hydrogen) atoms. The van der Waals surface area contributed by atoms with Crippen LogP contribution in [0.4, 0.5) is 17.1 Å². The van der Waals surface area contributed by atoms with Gasteiger partial charge in [0.25, 0.3) is 0 Å². The van der Waals surface area contributed by atoms with Gasteiger partial charge >= 0.3 is 0 Å². The lowest BCUT2D eigenvalue weighted by Crippen LogP contribution is -2.26. The van der Waals surface area contributed by atoms with Gasteiger partial charge in [0, 0.05) is 24.7 Å². The van der Waals surface area contributed by atoms with E-state index in [0.717, 1.165) is 25.7 Å². The first-order valence-corrected chi connectivity index (χ1v) is 12.6. The van der Waals surface area contributed by atoms with Gasteiger partial charge < -0.3 is 4.90 Å². The normalized spacial score (nSPS) is 14.9. The van der Waals surface area contributed by atoms with E-state index in [9.17, 15) is 0 Å². The van der Waals surface area contributed by atoms with Gasteiger partial charge in [-0.1, -0.05) is 60.7 Å². The molecule has 1 aromatic heterocycles. The quantitative estimate of drug-likeness (QED) is 0.240. The van der Waals surface area contributed by atoms with Crippen LogP contribution in [0.3, 0.4) is 0 Å². The molecule has 0 N–H and O–H groups in total. The third kappa shape index (κ3) is 2.23. The van der Waals surface area contributed by atoms with Gasteiger partial charge in [0.1, 0.15) is 0 Å². The van der Waals surface area contributed by atoms with Crippen molar-refractivity contribution in [2.45, 2.75) is 25.7 Å². The third-order valence-corrected chi connectivity index (χ3v) is 8.55. The summed E-state index contributed by atoms with van der Waals surface area (Å²) in [5.74, 6) is 0. The number of anilines is 3. The summed E-state index contributed by atoms with van der Waals surface area (Å²) in [7, 11) is 0. The van der Waals surface area contributed by atoms with E-state index in [2.05, 4.69) is 83.8 Å². The highest BCUT2D eigenvalue weighted by atomic mass is 15.2. The van der Waals surface area contributed by atoms with Crippen LogP contribution >= 0.6 is 0 Å². The van der Waals surface area contributed by atoms with Crippen LogP contribution in [0.5, 0.6) is 0 Å². The van der Waals surface area contributed by atoms with Gasteiger partial charge in [-0.2, -0.15) is 0 Å². The molecular weight excluding hydrogens is 424 g/mol. The second-order valence-corrected chi connectivity index (χ2v) is 10.3. The van der Waals surface area contributed by atoms with Gasteiger partial charge in [-0.25, -0.2) is 0 Å². The second-order valence-electron chi connectivity index (χ2n) is 10.3. The minimum Gasteiger partial charge on any atom is -0.308 e. The molecule has 0 saturated carbocycles. The Kier molecular flexibility index (Phi) is 3.27. The van der Waals surface area contributed by atoms with E-state index in [1.54, 1.807) is 0 Å². The molecule has 4 aromatic carbocycles. The SMILES string of the molecule is c1ccc2c(c1)Cc1c-2ccc2c1-c1c(cc3c4c1Cc1ccccc1N4c1cccnc1C3)C2. The van der Waals surface area contributed by atoms with E-state index in [-0.39, 0.29) is 0 Å². The first-order chi connectivity index (χ1) is 17.3. The smallest absolute Gasteiger partial charge is 0.0688 e. The number of pyridine rings is 1. The van der Waals surface area contributed by atoms with E-state index < -0.39 is 0 Å². The molecule has 0 amide bonds. The second kappa shape index (κ2) is 6.28. The Labute approximate surface area is 204 Å². The maximum Gasteiger partial charge on any atom is 0.0688 e. The molecule has 0 unspecified atom stereocenters. The van der Waals surface area contributed by atoms with Gasteiger partial charge in [-0.05, 0) is 92.2 Å². The minimum absolute atomic E-state index is 0.907. The maximum absolute atomic E-state index is 4.80. The molecule has 0 radical (unpaired) electrons. The van der Waals surface area contributed by atoms with Gasteiger partial charge in [0.2, 0.25) is 0 Å². The summed E-state index contributed by atoms with van der Waals surface area (Å²) in [5, 5.41) is 0. The fourth-order valence-electron chi connectivity index (χ4n) is 7.21. The molecule has 0 fully saturated rings. The standard InChI is InChI=1S/C33H22N2/c1-3-8-24-19(6-1)16-26-25(24)12-11-21-14-22-15-23-18-28-30(10-5-13-34-28)35-29-9-4-2-7-20(29)17-27(33(23)35)32(22)31(21)26/h1-13,15H,14,16-18H2. The van der Waals surface area contributed by atoms with E-state index >= 15 is 0 Å².